The van der Waals surface area contributed by atoms with Gasteiger partial charge in [0.05, 0.1) is 18.6 Å². The molecule has 0 N–H and O–H groups in total. The molecule has 0 saturated carbocycles. The van der Waals surface area contributed by atoms with Crippen molar-refractivity contribution in [2.45, 2.75) is 25.3 Å². The van der Waals surface area contributed by atoms with Gasteiger partial charge < -0.3 is 9.64 Å². The first-order valence-corrected chi connectivity index (χ1v) is 7.23. The molecule has 1 aromatic rings. The third-order valence-corrected chi connectivity index (χ3v) is 4.44. The smallest absolute Gasteiger partial charge is 0.310 e. The van der Waals surface area contributed by atoms with Gasteiger partial charge >= 0.3 is 5.97 Å². The summed E-state index contributed by atoms with van der Waals surface area (Å²) in [5, 5.41) is 0. The summed E-state index contributed by atoms with van der Waals surface area (Å²) in [6.45, 7) is 0.236. The number of esters is 1. The first kappa shape index (κ1) is 14.7. The van der Waals surface area contributed by atoms with Crippen LogP contribution in [0.25, 0.3) is 0 Å². The molecule has 22 heavy (non-hydrogen) atoms. The first-order chi connectivity index (χ1) is 10.5. The number of hydrogen-bond acceptors (Lipinski definition) is 4. The average molecular weight is 305 g/mol. The minimum Gasteiger partial charge on any atom is -0.469 e. The summed E-state index contributed by atoms with van der Waals surface area (Å²) < 4.78 is 18.1. The molecule has 1 amide bonds. The SMILES string of the molecule is COC(=O)[C@H]1CC[C@@H]2CC(=O)c3cc(F)ccc3C(=O)N2C1. The van der Waals surface area contributed by atoms with Crippen LogP contribution in [0.4, 0.5) is 4.39 Å². The van der Waals surface area contributed by atoms with Crippen molar-refractivity contribution in [1.82, 2.24) is 4.90 Å². The summed E-state index contributed by atoms with van der Waals surface area (Å²) >= 11 is 0. The van der Waals surface area contributed by atoms with Crippen molar-refractivity contribution in [1.29, 1.82) is 0 Å². The van der Waals surface area contributed by atoms with Gasteiger partial charge in [-0.05, 0) is 31.0 Å². The molecule has 1 saturated heterocycles. The van der Waals surface area contributed by atoms with E-state index < -0.39 is 5.82 Å². The fraction of sp³-hybridized carbons (Fsp3) is 0.438. The lowest BCUT2D eigenvalue weighted by Gasteiger charge is -2.37. The Labute approximate surface area is 127 Å². The molecule has 0 spiro atoms. The van der Waals surface area contributed by atoms with Gasteiger partial charge in [-0.1, -0.05) is 0 Å². The molecule has 1 aromatic carbocycles. The van der Waals surface area contributed by atoms with Crippen molar-refractivity contribution < 1.29 is 23.5 Å². The number of methoxy groups -OCH3 is 1. The van der Waals surface area contributed by atoms with Crippen molar-refractivity contribution in [3.05, 3.63) is 35.1 Å². The van der Waals surface area contributed by atoms with Crippen molar-refractivity contribution in [3.63, 3.8) is 0 Å². The lowest BCUT2D eigenvalue weighted by atomic mass is 9.90. The van der Waals surface area contributed by atoms with Crippen LogP contribution in [0.3, 0.4) is 0 Å². The Morgan fingerprint density at radius 1 is 1.27 bits per heavy atom. The first-order valence-electron chi connectivity index (χ1n) is 7.23. The number of benzene rings is 1. The Kier molecular flexibility index (Phi) is 3.68. The highest BCUT2D eigenvalue weighted by Gasteiger charge is 2.40. The number of nitrogens with zero attached hydrogens (tertiary/aromatic N) is 1. The Hall–Kier alpha value is -2.24. The van der Waals surface area contributed by atoms with E-state index in [-0.39, 0.29) is 53.7 Å². The van der Waals surface area contributed by atoms with Crippen LogP contribution < -0.4 is 0 Å². The molecule has 2 atom stereocenters. The van der Waals surface area contributed by atoms with E-state index in [4.69, 9.17) is 4.74 Å². The molecule has 2 aliphatic rings. The van der Waals surface area contributed by atoms with Crippen LogP contribution in [0, 0.1) is 11.7 Å². The summed E-state index contributed by atoms with van der Waals surface area (Å²) in [5.41, 5.74) is 0.341. The van der Waals surface area contributed by atoms with E-state index in [1.165, 1.54) is 19.2 Å². The van der Waals surface area contributed by atoms with Crippen LogP contribution >= 0.6 is 0 Å². The summed E-state index contributed by atoms with van der Waals surface area (Å²) in [4.78, 5) is 38.3. The van der Waals surface area contributed by atoms with Crippen molar-refractivity contribution in [3.8, 4) is 0 Å². The van der Waals surface area contributed by atoms with Gasteiger partial charge in [0.25, 0.3) is 5.91 Å². The molecule has 2 aliphatic heterocycles. The minimum absolute atomic E-state index is 0.133. The van der Waals surface area contributed by atoms with E-state index in [1.807, 2.05) is 0 Å². The predicted octanol–water partition coefficient (Wildman–Crippen LogP) is 1.81. The van der Waals surface area contributed by atoms with Gasteiger partial charge in [0.2, 0.25) is 0 Å². The lowest BCUT2D eigenvalue weighted by Crippen LogP contribution is -2.48. The molecule has 6 heteroatoms. The van der Waals surface area contributed by atoms with Crippen molar-refractivity contribution >= 4 is 17.7 Å². The molecule has 0 aromatic heterocycles. The fourth-order valence-electron chi connectivity index (χ4n) is 3.26. The van der Waals surface area contributed by atoms with Gasteiger partial charge in [-0.15, -0.1) is 0 Å². The Morgan fingerprint density at radius 2 is 2.05 bits per heavy atom. The average Bonchev–Trinajstić information content (AvgIpc) is 2.62. The third kappa shape index (κ3) is 2.38. The van der Waals surface area contributed by atoms with Crippen LogP contribution in [-0.2, 0) is 9.53 Å². The maximum Gasteiger partial charge on any atom is 0.310 e. The fourth-order valence-corrected chi connectivity index (χ4v) is 3.26. The number of rotatable bonds is 1. The van der Waals surface area contributed by atoms with Crippen LogP contribution in [-0.4, -0.2) is 42.3 Å². The number of ether oxygens (including phenoxy) is 1. The molecule has 1 fully saturated rings. The highest BCUT2D eigenvalue weighted by atomic mass is 19.1. The summed E-state index contributed by atoms with van der Waals surface area (Å²) in [5.74, 6) is -1.80. The highest BCUT2D eigenvalue weighted by Crippen LogP contribution is 2.31. The van der Waals surface area contributed by atoms with Gasteiger partial charge in [0.1, 0.15) is 5.82 Å². The van der Waals surface area contributed by atoms with Gasteiger partial charge in [-0.3, -0.25) is 14.4 Å². The molecule has 2 heterocycles. The van der Waals surface area contributed by atoms with Crippen LogP contribution in [0.15, 0.2) is 18.2 Å². The van der Waals surface area contributed by atoms with Gasteiger partial charge in [-0.2, -0.15) is 0 Å². The summed E-state index contributed by atoms with van der Waals surface area (Å²) in [7, 11) is 1.32. The second kappa shape index (κ2) is 5.51. The molecule has 0 bridgehead atoms. The number of halogens is 1. The minimum atomic E-state index is -0.535. The zero-order valence-corrected chi connectivity index (χ0v) is 12.2. The van der Waals surface area contributed by atoms with Gasteiger partial charge in [-0.25, -0.2) is 4.39 Å². The maximum atomic E-state index is 13.4. The van der Waals surface area contributed by atoms with Crippen molar-refractivity contribution in [2.75, 3.05) is 13.7 Å². The number of hydrogen-bond donors (Lipinski definition) is 0. The van der Waals surface area contributed by atoms with E-state index in [1.54, 1.807) is 4.90 Å². The highest BCUT2D eigenvalue weighted by molar-refractivity contribution is 6.10. The van der Waals surface area contributed by atoms with Crippen LogP contribution in [0.2, 0.25) is 0 Å². The van der Waals surface area contributed by atoms with Crippen molar-refractivity contribution in [2.24, 2.45) is 5.92 Å². The second-order valence-electron chi connectivity index (χ2n) is 5.73. The van der Waals surface area contributed by atoms with E-state index in [2.05, 4.69) is 0 Å². The quantitative estimate of drug-likeness (QED) is 0.742. The number of carbonyl (C=O) groups excluding carboxylic acids is 3. The normalized spacial score (nSPS) is 24.4. The molecular formula is C16H16FNO4. The zero-order chi connectivity index (χ0) is 15.9. The lowest BCUT2D eigenvalue weighted by molar-refractivity contribution is -0.147. The topological polar surface area (TPSA) is 63.7 Å². The number of piperidine rings is 1. The second-order valence-corrected chi connectivity index (χ2v) is 5.73. The number of fused-ring (bicyclic) bond motifs is 2. The Balaban J connectivity index is 1.96. The standard InChI is InChI=1S/C16H16FNO4/c1-22-16(21)9-2-4-11-7-14(19)13-6-10(17)3-5-12(13)15(20)18(11)8-9/h3,5-6,9,11H,2,4,7-8H2,1H3/t9-,11+/m0/s1. The molecular weight excluding hydrogens is 289 g/mol. The van der Waals surface area contributed by atoms with E-state index in [9.17, 15) is 18.8 Å². The zero-order valence-electron chi connectivity index (χ0n) is 12.2. The van der Waals surface area contributed by atoms with Gasteiger partial charge in [0, 0.05) is 24.6 Å². The number of Topliss-reactive ketones (excluding diaryl/α,β-unsaturated/α-hetero) is 1. The molecule has 116 valence electrons. The van der Waals surface area contributed by atoms with E-state index >= 15 is 0 Å². The third-order valence-electron chi connectivity index (χ3n) is 4.44. The Bertz CT molecular complexity index is 658. The predicted molar refractivity (Wildman–Crippen MR) is 74.9 cm³/mol. The monoisotopic (exact) mass is 305 g/mol. The van der Waals surface area contributed by atoms with Crippen LogP contribution in [0.1, 0.15) is 40.0 Å². The Morgan fingerprint density at radius 3 is 2.77 bits per heavy atom. The van der Waals surface area contributed by atoms with Gasteiger partial charge in [0.15, 0.2) is 5.78 Å². The number of carbonyl (C=O) groups is 3. The maximum absolute atomic E-state index is 13.4. The molecule has 0 radical (unpaired) electrons. The molecule has 0 unspecified atom stereocenters. The van der Waals surface area contributed by atoms with E-state index in [0.717, 1.165) is 6.07 Å². The molecule has 0 aliphatic carbocycles. The largest absolute Gasteiger partial charge is 0.469 e. The number of ketones is 1. The van der Waals surface area contributed by atoms with E-state index in [0.29, 0.717) is 12.8 Å². The molecule has 5 nitrogen and oxygen atoms in total. The van der Waals surface area contributed by atoms with Crippen LogP contribution in [0.5, 0.6) is 0 Å². The number of amides is 1. The summed E-state index contributed by atoms with van der Waals surface area (Å²) in [6, 6.07) is 3.39. The molecule has 3 rings (SSSR count). The summed E-state index contributed by atoms with van der Waals surface area (Å²) in [6.07, 6.45) is 1.31.